The van der Waals surface area contributed by atoms with Crippen LogP contribution < -0.4 is 10.1 Å². The molecule has 130 valence electrons. The quantitative estimate of drug-likeness (QED) is 0.373. The Morgan fingerprint density at radius 3 is 2.58 bits per heavy atom. The lowest BCUT2D eigenvalue weighted by Gasteiger charge is -2.20. The summed E-state index contributed by atoms with van der Waals surface area (Å²) in [6.45, 7) is 1.56. The van der Waals surface area contributed by atoms with E-state index < -0.39 is 11.0 Å². The van der Waals surface area contributed by atoms with E-state index in [-0.39, 0.29) is 28.9 Å². The molecule has 0 bridgehead atoms. The second-order valence-corrected chi connectivity index (χ2v) is 6.06. The molecule has 1 atom stereocenters. The SMILES string of the molecule is C[C@@H](Oc1ccc(C=O)cc1[N+](=O)[O-])C(=O)NC1CCCCCC1. The van der Waals surface area contributed by atoms with Crippen molar-refractivity contribution in [1.29, 1.82) is 0 Å². The van der Waals surface area contributed by atoms with Crippen LogP contribution in [0, 0.1) is 10.1 Å². The molecule has 0 heterocycles. The Balaban J connectivity index is 2.02. The van der Waals surface area contributed by atoms with Crippen molar-refractivity contribution < 1.29 is 19.2 Å². The first kappa shape index (κ1) is 17.9. The van der Waals surface area contributed by atoms with Gasteiger partial charge >= 0.3 is 5.69 Å². The van der Waals surface area contributed by atoms with Crippen molar-refractivity contribution in [2.45, 2.75) is 57.6 Å². The number of hydrogen-bond acceptors (Lipinski definition) is 5. The number of nitrogens with zero attached hydrogens (tertiary/aromatic N) is 1. The summed E-state index contributed by atoms with van der Waals surface area (Å²) in [5.41, 5.74) is -0.140. The lowest BCUT2D eigenvalue weighted by molar-refractivity contribution is -0.386. The Bertz CT molecular complexity index is 609. The summed E-state index contributed by atoms with van der Waals surface area (Å²) in [7, 11) is 0. The molecule has 1 aliphatic carbocycles. The normalized spacial score (nSPS) is 16.7. The molecule has 1 N–H and O–H groups in total. The standard InChI is InChI=1S/C17H22N2O5/c1-12(17(21)18-14-6-4-2-3-5-7-14)24-16-9-8-13(11-20)10-15(16)19(22)23/h8-12,14H,2-7H2,1H3,(H,18,21)/t12-/m1/s1. The molecule has 7 heteroatoms. The summed E-state index contributed by atoms with van der Waals surface area (Å²) >= 11 is 0. The van der Waals surface area contributed by atoms with Gasteiger partial charge in [0.15, 0.2) is 11.9 Å². The molecule has 0 aromatic heterocycles. The third-order valence-corrected chi connectivity index (χ3v) is 4.19. The maximum Gasteiger partial charge on any atom is 0.311 e. The molecule has 1 aliphatic rings. The maximum atomic E-state index is 12.3. The number of nitrogens with one attached hydrogen (secondary N) is 1. The summed E-state index contributed by atoms with van der Waals surface area (Å²) in [6, 6.07) is 4.04. The van der Waals surface area contributed by atoms with Gasteiger partial charge in [0.2, 0.25) is 0 Å². The van der Waals surface area contributed by atoms with Gasteiger partial charge in [-0.15, -0.1) is 0 Å². The van der Waals surface area contributed by atoms with Crippen LogP contribution in [0.5, 0.6) is 5.75 Å². The number of carbonyl (C=O) groups excluding carboxylic acids is 2. The number of benzene rings is 1. The molecule has 1 aromatic rings. The van der Waals surface area contributed by atoms with Gasteiger partial charge in [-0.3, -0.25) is 19.7 Å². The molecule has 1 amide bonds. The lowest BCUT2D eigenvalue weighted by atomic mass is 10.1. The number of rotatable bonds is 6. The topological polar surface area (TPSA) is 98.5 Å². The summed E-state index contributed by atoms with van der Waals surface area (Å²) < 4.78 is 5.47. The maximum absolute atomic E-state index is 12.3. The summed E-state index contributed by atoms with van der Waals surface area (Å²) in [6.07, 6.45) is 6.14. The second kappa shape index (κ2) is 8.42. The zero-order valence-corrected chi connectivity index (χ0v) is 13.7. The number of nitro groups is 1. The van der Waals surface area contributed by atoms with E-state index in [4.69, 9.17) is 4.74 Å². The summed E-state index contributed by atoms with van der Waals surface area (Å²) in [4.78, 5) is 33.5. The highest BCUT2D eigenvalue weighted by atomic mass is 16.6. The number of aldehydes is 1. The zero-order chi connectivity index (χ0) is 17.5. The largest absolute Gasteiger partial charge is 0.474 e. The molecular formula is C17H22N2O5. The van der Waals surface area contributed by atoms with E-state index >= 15 is 0 Å². The Kier molecular flexibility index (Phi) is 6.28. The van der Waals surface area contributed by atoms with Crippen molar-refractivity contribution in [2.75, 3.05) is 0 Å². The highest BCUT2D eigenvalue weighted by Gasteiger charge is 2.23. The summed E-state index contributed by atoms with van der Waals surface area (Å²) in [5, 5.41) is 14.1. The minimum Gasteiger partial charge on any atom is -0.474 e. The van der Waals surface area contributed by atoms with Crippen LogP contribution in [-0.4, -0.2) is 29.3 Å². The lowest BCUT2D eigenvalue weighted by Crippen LogP contribution is -2.42. The molecule has 0 radical (unpaired) electrons. The second-order valence-electron chi connectivity index (χ2n) is 6.06. The molecule has 1 fully saturated rings. The first-order chi connectivity index (χ1) is 11.5. The van der Waals surface area contributed by atoms with Crippen molar-refractivity contribution in [2.24, 2.45) is 0 Å². The first-order valence-electron chi connectivity index (χ1n) is 8.22. The van der Waals surface area contributed by atoms with Gasteiger partial charge in [0, 0.05) is 17.7 Å². The first-order valence-corrected chi connectivity index (χ1v) is 8.22. The highest BCUT2D eigenvalue weighted by Crippen LogP contribution is 2.28. The van der Waals surface area contributed by atoms with E-state index in [0.29, 0.717) is 6.29 Å². The third kappa shape index (κ3) is 4.78. The Morgan fingerprint density at radius 1 is 1.33 bits per heavy atom. The van der Waals surface area contributed by atoms with E-state index in [1.165, 1.54) is 25.0 Å². The smallest absolute Gasteiger partial charge is 0.311 e. The van der Waals surface area contributed by atoms with Gasteiger partial charge in [0.25, 0.3) is 5.91 Å². The number of amides is 1. The fraction of sp³-hybridized carbons (Fsp3) is 0.529. The van der Waals surface area contributed by atoms with Crippen molar-refractivity contribution in [3.63, 3.8) is 0 Å². The van der Waals surface area contributed by atoms with Gasteiger partial charge in [-0.2, -0.15) is 0 Å². The molecule has 1 saturated carbocycles. The van der Waals surface area contributed by atoms with Crippen LogP contribution >= 0.6 is 0 Å². The fourth-order valence-electron chi connectivity index (χ4n) is 2.84. The average molecular weight is 334 g/mol. The van der Waals surface area contributed by atoms with Gasteiger partial charge in [-0.05, 0) is 31.9 Å². The van der Waals surface area contributed by atoms with E-state index in [2.05, 4.69) is 5.32 Å². The minimum absolute atomic E-state index is 0.0193. The van der Waals surface area contributed by atoms with Crippen molar-refractivity contribution >= 4 is 17.9 Å². The Hall–Kier alpha value is -2.44. The molecule has 1 aromatic carbocycles. The van der Waals surface area contributed by atoms with Crippen LogP contribution in [0.2, 0.25) is 0 Å². The van der Waals surface area contributed by atoms with E-state index in [1.807, 2.05) is 0 Å². The fourth-order valence-corrected chi connectivity index (χ4v) is 2.84. The van der Waals surface area contributed by atoms with E-state index in [0.717, 1.165) is 31.7 Å². The van der Waals surface area contributed by atoms with Crippen molar-refractivity contribution in [3.05, 3.63) is 33.9 Å². The third-order valence-electron chi connectivity index (χ3n) is 4.19. The number of carbonyl (C=O) groups is 2. The van der Waals surface area contributed by atoms with Gasteiger partial charge in [0.05, 0.1) is 4.92 Å². The predicted molar refractivity (Wildman–Crippen MR) is 88.2 cm³/mol. The van der Waals surface area contributed by atoms with Crippen LogP contribution in [-0.2, 0) is 4.79 Å². The molecule has 0 spiro atoms. The molecule has 0 aliphatic heterocycles. The van der Waals surface area contributed by atoms with Crippen LogP contribution in [0.3, 0.4) is 0 Å². The highest BCUT2D eigenvalue weighted by molar-refractivity contribution is 5.81. The van der Waals surface area contributed by atoms with Crippen LogP contribution in [0.25, 0.3) is 0 Å². The Morgan fingerprint density at radius 2 is 2.00 bits per heavy atom. The predicted octanol–water partition coefficient (Wildman–Crippen LogP) is 3.01. The van der Waals surface area contributed by atoms with Crippen molar-refractivity contribution in [1.82, 2.24) is 5.32 Å². The van der Waals surface area contributed by atoms with Gasteiger partial charge in [-0.25, -0.2) is 0 Å². The number of nitro benzene ring substituents is 1. The van der Waals surface area contributed by atoms with Crippen LogP contribution in [0.4, 0.5) is 5.69 Å². The Labute approximate surface area is 140 Å². The molecule has 24 heavy (non-hydrogen) atoms. The number of ether oxygens (including phenoxy) is 1. The van der Waals surface area contributed by atoms with Crippen LogP contribution in [0.1, 0.15) is 55.8 Å². The van der Waals surface area contributed by atoms with Gasteiger partial charge < -0.3 is 10.1 Å². The monoisotopic (exact) mass is 334 g/mol. The summed E-state index contributed by atoms with van der Waals surface area (Å²) in [5.74, 6) is -0.301. The zero-order valence-electron chi connectivity index (χ0n) is 13.7. The molecule has 0 unspecified atom stereocenters. The van der Waals surface area contributed by atoms with E-state index in [9.17, 15) is 19.7 Å². The molecular weight excluding hydrogens is 312 g/mol. The molecule has 7 nitrogen and oxygen atoms in total. The molecule has 2 rings (SSSR count). The van der Waals surface area contributed by atoms with Gasteiger partial charge in [0.1, 0.15) is 6.29 Å². The number of hydrogen-bond donors (Lipinski definition) is 1. The van der Waals surface area contributed by atoms with E-state index in [1.54, 1.807) is 6.92 Å². The van der Waals surface area contributed by atoms with Crippen molar-refractivity contribution in [3.8, 4) is 5.75 Å². The minimum atomic E-state index is -0.853. The van der Waals surface area contributed by atoms with Crippen LogP contribution in [0.15, 0.2) is 18.2 Å². The molecule has 0 saturated heterocycles. The van der Waals surface area contributed by atoms with Gasteiger partial charge in [-0.1, -0.05) is 25.7 Å². The average Bonchev–Trinajstić information content (AvgIpc) is 2.83.